The van der Waals surface area contributed by atoms with E-state index in [1.807, 2.05) is 48.5 Å². The molecule has 0 aromatic heterocycles. The highest BCUT2D eigenvalue weighted by Gasteiger charge is 2.11. The Morgan fingerprint density at radius 3 is 1.29 bits per heavy atom. The first-order valence-corrected chi connectivity index (χ1v) is 10.7. The number of benzene rings is 3. The van der Waals surface area contributed by atoms with Gasteiger partial charge in [-0.2, -0.15) is 0 Å². The van der Waals surface area contributed by atoms with Gasteiger partial charge in [0.25, 0.3) is 11.8 Å². The topological polar surface area (TPSA) is 107 Å². The van der Waals surface area contributed by atoms with Crippen LogP contribution in [0.15, 0.2) is 82.8 Å². The minimum Gasteiger partial charge on any atom is -0.373 e. The van der Waals surface area contributed by atoms with Crippen LogP contribution in [0.4, 0.5) is 11.4 Å². The van der Waals surface area contributed by atoms with Gasteiger partial charge in [-0.3, -0.25) is 19.6 Å². The van der Waals surface area contributed by atoms with Crippen molar-refractivity contribution in [3.63, 3.8) is 0 Å². The summed E-state index contributed by atoms with van der Waals surface area (Å²) in [5, 5.41) is 11.8. The van der Waals surface area contributed by atoms with Crippen molar-refractivity contribution in [2.45, 2.75) is 0 Å². The second-order valence-corrected chi connectivity index (χ2v) is 7.29. The van der Waals surface area contributed by atoms with Gasteiger partial charge in [-0.15, -0.1) is 12.4 Å². The Morgan fingerprint density at radius 2 is 0.971 bits per heavy atom. The van der Waals surface area contributed by atoms with Crippen LogP contribution in [0.2, 0.25) is 0 Å². The maximum Gasteiger partial charge on any atom is 0.255 e. The standard InChI is InChI=1S/C26H28N6O2.ClH/c1-27-23(28-2)19-7-5-9-21(15-19)31-25(33)17-11-13-18(14-12-17)26(34)32-22-10-6-8-20(16-22)24(29-3)30-4;/h5-16H,1-4H3,(H,27,28)(H,29,30)(H,31,33)(H,32,34);1H. The van der Waals surface area contributed by atoms with Crippen LogP contribution in [-0.4, -0.2) is 51.7 Å². The highest BCUT2D eigenvalue weighted by molar-refractivity contribution is 6.08. The molecule has 0 radical (unpaired) electrons. The Hall–Kier alpha value is -4.17. The molecule has 0 unspecified atom stereocenters. The fraction of sp³-hybridized carbons (Fsp3) is 0.154. The third-order valence-corrected chi connectivity index (χ3v) is 5.12. The molecule has 8 nitrogen and oxygen atoms in total. The predicted molar refractivity (Wildman–Crippen MR) is 146 cm³/mol. The van der Waals surface area contributed by atoms with Crippen LogP contribution in [0.5, 0.6) is 0 Å². The number of amides is 2. The summed E-state index contributed by atoms with van der Waals surface area (Å²) >= 11 is 0. The zero-order chi connectivity index (χ0) is 24.5. The van der Waals surface area contributed by atoms with Gasteiger partial charge in [-0.1, -0.05) is 24.3 Å². The maximum absolute atomic E-state index is 12.7. The molecule has 0 bridgehead atoms. The second kappa shape index (κ2) is 12.9. The number of rotatable bonds is 6. The van der Waals surface area contributed by atoms with Crippen molar-refractivity contribution in [3.05, 3.63) is 95.1 Å². The van der Waals surface area contributed by atoms with Crippen molar-refractivity contribution < 1.29 is 9.59 Å². The van der Waals surface area contributed by atoms with Crippen LogP contribution in [0.25, 0.3) is 0 Å². The molecule has 0 spiro atoms. The number of hydrogen-bond donors (Lipinski definition) is 4. The zero-order valence-corrected chi connectivity index (χ0v) is 20.9. The van der Waals surface area contributed by atoms with E-state index >= 15 is 0 Å². The Labute approximate surface area is 211 Å². The number of nitrogens with one attached hydrogen (secondary N) is 4. The molecule has 9 heteroatoms. The van der Waals surface area contributed by atoms with Crippen LogP contribution < -0.4 is 21.3 Å². The van der Waals surface area contributed by atoms with Gasteiger partial charge in [0.1, 0.15) is 11.7 Å². The lowest BCUT2D eigenvalue weighted by molar-refractivity contribution is 0.101. The van der Waals surface area contributed by atoms with Gasteiger partial charge in [0.15, 0.2) is 0 Å². The molecule has 0 saturated carbocycles. The molecule has 0 aliphatic rings. The van der Waals surface area contributed by atoms with Crippen molar-refractivity contribution in [3.8, 4) is 0 Å². The quantitative estimate of drug-likeness (QED) is 0.310. The fourth-order valence-corrected chi connectivity index (χ4v) is 3.44. The molecule has 0 saturated heterocycles. The minimum absolute atomic E-state index is 0. The third-order valence-electron chi connectivity index (χ3n) is 5.12. The van der Waals surface area contributed by atoms with E-state index < -0.39 is 0 Å². The lowest BCUT2D eigenvalue weighted by Crippen LogP contribution is -2.20. The molecule has 0 aliphatic carbocycles. The fourth-order valence-electron chi connectivity index (χ4n) is 3.44. The number of halogens is 1. The molecule has 2 amide bonds. The van der Waals surface area contributed by atoms with Crippen molar-refractivity contribution in [2.24, 2.45) is 9.98 Å². The Balaban J connectivity index is 0.00000432. The average molecular weight is 493 g/mol. The Morgan fingerprint density at radius 1 is 0.600 bits per heavy atom. The average Bonchev–Trinajstić information content (AvgIpc) is 2.86. The van der Waals surface area contributed by atoms with Gasteiger partial charge in [0.05, 0.1) is 0 Å². The SMILES string of the molecule is CN=C(NC)c1cccc(NC(=O)c2ccc(C(=O)Nc3cccc(C(=NC)NC)c3)cc2)c1.Cl. The van der Waals surface area contributed by atoms with E-state index in [-0.39, 0.29) is 24.2 Å². The number of carbonyl (C=O) groups is 2. The first kappa shape index (κ1) is 27.1. The second-order valence-electron chi connectivity index (χ2n) is 7.29. The highest BCUT2D eigenvalue weighted by Crippen LogP contribution is 2.15. The molecule has 3 aromatic carbocycles. The van der Waals surface area contributed by atoms with E-state index in [1.54, 1.807) is 52.5 Å². The highest BCUT2D eigenvalue weighted by atomic mass is 35.5. The Bertz CT molecular complexity index is 1140. The van der Waals surface area contributed by atoms with Gasteiger partial charge in [0.2, 0.25) is 0 Å². The van der Waals surface area contributed by atoms with Crippen LogP contribution in [0.3, 0.4) is 0 Å². The number of anilines is 2. The predicted octanol–water partition coefficient (Wildman–Crippen LogP) is 3.80. The smallest absolute Gasteiger partial charge is 0.255 e. The lowest BCUT2D eigenvalue weighted by atomic mass is 10.1. The summed E-state index contributed by atoms with van der Waals surface area (Å²) in [6, 6.07) is 21.3. The van der Waals surface area contributed by atoms with Crippen LogP contribution in [0, 0.1) is 0 Å². The minimum atomic E-state index is -0.269. The number of aliphatic imine (C=N–C) groups is 2. The van der Waals surface area contributed by atoms with Crippen molar-refractivity contribution in [1.29, 1.82) is 0 Å². The maximum atomic E-state index is 12.7. The van der Waals surface area contributed by atoms with Crippen LogP contribution >= 0.6 is 12.4 Å². The first-order valence-electron chi connectivity index (χ1n) is 10.7. The van der Waals surface area contributed by atoms with Crippen molar-refractivity contribution >= 4 is 47.3 Å². The number of carbonyl (C=O) groups excluding carboxylic acids is 2. The summed E-state index contributed by atoms with van der Waals surface area (Å²) in [5.74, 6) is 0.909. The summed E-state index contributed by atoms with van der Waals surface area (Å²) in [7, 11) is 6.98. The summed E-state index contributed by atoms with van der Waals surface area (Å²) in [4.78, 5) is 33.7. The molecular formula is C26H29ClN6O2. The van der Waals surface area contributed by atoms with Gasteiger partial charge in [-0.25, -0.2) is 0 Å². The molecule has 0 heterocycles. The number of hydrogen-bond acceptors (Lipinski definition) is 4. The van der Waals surface area contributed by atoms with E-state index in [4.69, 9.17) is 0 Å². The van der Waals surface area contributed by atoms with Crippen molar-refractivity contribution in [1.82, 2.24) is 10.6 Å². The zero-order valence-electron chi connectivity index (χ0n) is 20.0. The van der Waals surface area contributed by atoms with Gasteiger partial charge in [0, 0.05) is 61.8 Å². The number of nitrogens with zero attached hydrogens (tertiary/aromatic N) is 2. The molecule has 35 heavy (non-hydrogen) atoms. The molecule has 3 rings (SSSR count). The van der Waals surface area contributed by atoms with Crippen LogP contribution in [-0.2, 0) is 0 Å². The molecule has 0 aliphatic heterocycles. The van der Waals surface area contributed by atoms with Gasteiger partial charge >= 0.3 is 0 Å². The van der Waals surface area contributed by atoms with E-state index in [0.29, 0.717) is 22.5 Å². The summed E-state index contributed by atoms with van der Waals surface area (Å²) < 4.78 is 0. The summed E-state index contributed by atoms with van der Waals surface area (Å²) in [6.45, 7) is 0. The summed E-state index contributed by atoms with van der Waals surface area (Å²) in [5.41, 5.74) is 3.92. The molecule has 0 atom stereocenters. The lowest BCUT2D eigenvalue weighted by Gasteiger charge is -2.10. The van der Waals surface area contributed by atoms with E-state index in [1.165, 1.54) is 0 Å². The summed E-state index contributed by atoms with van der Waals surface area (Å²) in [6.07, 6.45) is 0. The van der Waals surface area contributed by atoms with Gasteiger partial charge in [-0.05, 0) is 48.5 Å². The normalized spacial score (nSPS) is 11.2. The third kappa shape index (κ3) is 6.91. The largest absolute Gasteiger partial charge is 0.373 e. The molecule has 182 valence electrons. The first-order chi connectivity index (χ1) is 16.5. The molecular weight excluding hydrogens is 464 g/mol. The van der Waals surface area contributed by atoms with Gasteiger partial charge < -0.3 is 21.3 Å². The van der Waals surface area contributed by atoms with E-state index in [9.17, 15) is 9.59 Å². The van der Waals surface area contributed by atoms with E-state index in [0.717, 1.165) is 22.8 Å². The molecule has 0 fully saturated rings. The number of amidine groups is 2. The Kier molecular flexibility index (Phi) is 9.98. The molecule has 3 aromatic rings. The van der Waals surface area contributed by atoms with Crippen molar-refractivity contribution in [2.75, 3.05) is 38.8 Å². The molecule has 4 N–H and O–H groups in total. The van der Waals surface area contributed by atoms with E-state index in [2.05, 4.69) is 31.3 Å². The monoisotopic (exact) mass is 492 g/mol. The van der Waals surface area contributed by atoms with Crippen LogP contribution in [0.1, 0.15) is 31.8 Å².